The molecule has 1 saturated heterocycles. The number of para-hydroxylation sites is 2. The largest absolute Gasteiger partial charge is 0.481 e. The third-order valence-electron chi connectivity index (χ3n) is 6.64. The van der Waals surface area contributed by atoms with Crippen LogP contribution in [0.5, 0.6) is 0 Å². The third kappa shape index (κ3) is 5.47. The van der Waals surface area contributed by atoms with Crippen molar-refractivity contribution in [1.29, 1.82) is 5.41 Å². The average molecular weight is 422 g/mol. The fourth-order valence-corrected chi connectivity index (χ4v) is 4.95. The third-order valence-corrected chi connectivity index (χ3v) is 6.64. The number of aliphatic carboxylic acids is 1. The Morgan fingerprint density at radius 2 is 1.97 bits per heavy atom. The Morgan fingerprint density at radius 3 is 2.71 bits per heavy atom. The Morgan fingerprint density at radius 1 is 1.19 bits per heavy atom. The van der Waals surface area contributed by atoms with Gasteiger partial charge in [-0.3, -0.25) is 9.78 Å². The number of fused-ring (bicyclic) bond motifs is 1. The van der Waals surface area contributed by atoms with Crippen molar-refractivity contribution >= 4 is 28.8 Å². The quantitative estimate of drug-likeness (QED) is 0.589. The molecule has 0 amide bonds. The van der Waals surface area contributed by atoms with Crippen LogP contribution in [0.15, 0.2) is 36.7 Å². The average Bonchev–Trinajstić information content (AvgIpc) is 2.79. The number of nitrogens with one attached hydrogen (secondary N) is 2. The number of aromatic nitrogens is 2. The number of carbonyl (C=O) groups is 1. The summed E-state index contributed by atoms with van der Waals surface area (Å²) in [5, 5.41) is 20.4. The molecule has 1 aromatic carbocycles. The van der Waals surface area contributed by atoms with E-state index in [-0.39, 0.29) is 0 Å². The molecule has 2 aromatic rings. The lowest BCUT2D eigenvalue weighted by Crippen LogP contribution is -2.47. The highest BCUT2D eigenvalue weighted by molar-refractivity contribution is 6.07. The molecule has 7 heteroatoms. The Labute approximate surface area is 183 Å². The summed E-state index contributed by atoms with van der Waals surface area (Å²) in [5.41, 5.74) is 3.11. The minimum atomic E-state index is -0.668. The number of benzene rings is 1. The van der Waals surface area contributed by atoms with Crippen molar-refractivity contribution in [3.8, 4) is 0 Å². The van der Waals surface area contributed by atoms with Gasteiger partial charge in [0, 0.05) is 49.6 Å². The summed E-state index contributed by atoms with van der Waals surface area (Å²) in [5.74, 6) is -0.341. The maximum Gasteiger partial charge on any atom is 0.303 e. The summed E-state index contributed by atoms with van der Waals surface area (Å²) in [4.78, 5) is 22.7. The van der Waals surface area contributed by atoms with Crippen LogP contribution < -0.4 is 5.32 Å². The van der Waals surface area contributed by atoms with Gasteiger partial charge in [-0.25, -0.2) is 4.98 Å². The second kappa shape index (κ2) is 10.0. The second-order valence-corrected chi connectivity index (χ2v) is 8.75. The van der Waals surface area contributed by atoms with Gasteiger partial charge in [-0.2, -0.15) is 0 Å². The van der Waals surface area contributed by atoms with Crippen LogP contribution in [0.4, 0.5) is 0 Å². The minimum absolute atomic E-state index is 0.309. The van der Waals surface area contributed by atoms with Crippen LogP contribution in [-0.2, 0) is 4.79 Å². The van der Waals surface area contributed by atoms with Crippen LogP contribution in [-0.4, -0.2) is 57.3 Å². The topological polar surface area (TPSA) is 102 Å². The number of allylic oxidation sites excluding steroid dienone is 1. The van der Waals surface area contributed by atoms with Gasteiger partial charge in [-0.05, 0) is 50.2 Å². The molecule has 31 heavy (non-hydrogen) atoms. The first-order valence-corrected chi connectivity index (χ1v) is 11.3. The van der Waals surface area contributed by atoms with Crippen molar-refractivity contribution in [3.63, 3.8) is 0 Å². The summed E-state index contributed by atoms with van der Waals surface area (Å²) in [6.45, 7) is 2.07. The van der Waals surface area contributed by atoms with Gasteiger partial charge in [-0.1, -0.05) is 18.6 Å². The molecule has 1 saturated carbocycles. The number of rotatable bonds is 7. The van der Waals surface area contributed by atoms with Crippen molar-refractivity contribution in [2.24, 2.45) is 5.92 Å². The van der Waals surface area contributed by atoms with Crippen molar-refractivity contribution in [2.75, 3.05) is 13.1 Å². The van der Waals surface area contributed by atoms with Crippen LogP contribution in [0.2, 0.25) is 0 Å². The lowest BCUT2D eigenvalue weighted by atomic mass is 9.82. The number of nitrogens with zero attached hydrogens (tertiary/aromatic N) is 3. The Balaban J connectivity index is 1.32. The molecule has 4 rings (SSSR count). The normalized spacial score (nSPS) is 23.5. The van der Waals surface area contributed by atoms with Gasteiger partial charge in [-0.15, -0.1) is 0 Å². The molecule has 2 fully saturated rings. The first-order chi connectivity index (χ1) is 15.1. The highest BCUT2D eigenvalue weighted by Gasteiger charge is 2.30. The van der Waals surface area contributed by atoms with Gasteiger partial charge in [0.25, 0.3) is 0 Å². The molecule has 7 nitrogen and oxygen atoms in total. The number of piperidine rings is 1. The standard InChI is InChI=1S/C24H31N5O2/c25-14-18(23-16-27-21-6-1-2-7-22(21)28-23)15-26-19-8-10-29(11-9-19)20-5-3-4-17(12-20)13-24(30)31/h1-2,6-7,14-17,19-20,25-26H,3-5,8-13H2,(H,30,31)/b18-15+,25-14?. The summed E-state index contributed by atoms with van der Waals surface area (Å²) < 4.78 is 0. The van der Waals surface area contributed by atoms with Gasteiger partial charge in [0.1, 0.15) is 0 Å². The monoisotopic (exact) mass is 421 g/mol. The van der Waals surface area contributed by atoms with E-state index < -0.39 is 5.97 Å². The molecule has 164 valence electrons. The summed E-state index contributed by atoms with van der Waals surface area (Å²) in [6, 6.07) is 8.65. The summed E-state index contributed by atoms with van der Waals surface area (Å²) >= 11 is 0. The molecule has 2 atom stereocenters. The van der Waals surface area contributed by atoms with Gasteiger partial charge in [0.05, 0.1) is 22.9 Å². The van der Waals surface area contributed by atoms with Crippen LogP contribution in [0.25, 0.3) is 16.6 Å². The van der Waals surface area contributed by atoms with Gasteiger partial charge in [0.15, 0.2) is 0 Å². The van der Waals surface area contributed by atoms with E-state index >= 15 is 0 Å². The van der Waals surface area contributed by atoms with Crippen molar-refractivity contribution in [1.82, 2.24) is 20.2 Å². The molecule has 1 aliphatic heterocycles. The molecule has 0 bridgehead atoms. The van der Waals surface area contributed by atoms with E-state index in [1.54, 1.807) is 6.20 Å². The molecule has 2 unspecified atom stereocenters. The number of likely N-dealkylation sites (tertiary alicyclic amines) is 1. The highest BCUT2D eigenvalue weighted by Crippen LogP contribution is 2.31. The first kappa shape index (κ1) is 21.4. The van der Waals surface area contributed by atoms with E-state index in [2.05, 4.69) is 20.2 Å². The molecule has 1 aliphatic carbocycles. The van der Waals surface area contributed by atoms with Crippen molar-refractivity contribution in [2.45, 2.75) is 57.0 Å². The van der Waals surface area contributed by atoms with E-state index in [1.807, 2.05) is 30.5 Å². The molecule has 2 heterocycles. The predicted octanol–water partition coefficient (Wildman–Crippen LogP) is 3.71. The SMILES string of the molecule is N=C/C(=C\NC1CCN(C2CCCC(CC(=O)O)C2)CC1)c1cnc2ccccc2n1. The molecular weight excluding hydrogens is 390 g/mol. The van der Waals surface area contributed by atoms with Gasteiger partial charge < -0.3 is 20.7 Å². The van der Waals surface area contributed by atoms with E-state index in [9.17, 15) is 4.79 Å². The molecule has 2 aliphatic rings. The van der Waals surface area contributed by atoms with Crippen molar-refractivity contribution < 1.29 is 9.90 Å². The Kier molecular flexibility index (Phi) is 6.92. The lowest BCUT2D eigenvalue weighted by molar-refractivity contribution is -0.138. The fraction of sp³-hybridized carbons (Fsp3) is 0.500. The first-order valence-electron chi connectivity index (χ1n) is 11.3. The van der Waals surface area contributed by atoms with Crippen LogP contribution >= 0.6 is 0 Å². The summed E-state index contributed by atoms with van der Waals surface area (Å²) in [6.07, 6.45) is 11.7. The summed E-state index contributed by atoms with van der Waals surface area (Å²) in [7, 11) is 0. The van der Waals surface area contributed by atoms with Gasteiger partial charge >= 0.3 is 5.97 Å². The Hall–Kier alpha value is -2.80. The van der Waals surface area contributed by atoms with Crippen LogP contribution in [0.1, 0.15) is 50.6 Å². The number of carboxylic acids is 1. The lowest BCUT2D eigenvalue weighted by Gasteiger charge is -2.41. The second-order valence-electron chi connectivity index (χ2n) is 8.75. The molecule has 1 aromatic heterocycles. The fourth-order valence-electron chi connectivity index (χ4n) is 4.95. The minimum Gasteiger partial charge on any atom is -0.481 e. The molecule has 0 spiro atoms. The van der Waals surface area contributed by atoms with Crippen molar-refractivity contribution in [3.05, 3.63) is 42.4 Å². The van der Waals surface area contributed by atoms with E-state index in [0.717, 1.165) is 61.8 Å². The van der Waals surface area contributed by atoms with E-state index in [1.165, 1.54) is 12.6 Å². The van der Waals surface area contributed by atoms with Gasteiger partial charge in [0.2, 0.25) is 0 Å². The zero-order chi connectivity index (χ0) is 21.6. The van der Waals surface area contributed by atoms with Crippen LogP contribution in [0.3, 0.4) is 0 Å². The molecule has 0 radical (unpaired) electrons. The number of carboxylic acid groups (broad SMARTS) is 1. The predicted molar refractivity (Wildman–Crippen MR) is 122 cm³/mol. The van der Waals surface area contributed by atoms with E-state index in [4.69, 9.17) is 10.5 Å². The molecular formula is C24H31N5O2. The maximum absolute atomic E-state index is 11.1. The maximum atomic E-state index is 11.1. The highest BCUT2D eigenvalue weighted by atomic mass is 16.4. The smallest absolute Gasteiger partial charge is 0.303 e. The van der Waals surface area contributed by atoms with E-state index in [0.29, 0.717) is 30.1 Å². The molecule has 3 N–H and O–H groups in total. The van der Waals surface area contributed by atoms with Crippen LogP contribution in [0, 0.1) is 11.3 Å². The number of hydrogen-bond acceptors (Lipinski definition) is 6. The Bertz CT molecular complexity index is 952. The zero-order valence-corrected chi connectivity index (χ0v) is 17.8. The zero-order valence-electron chi connectivity index (χ0n) is 17.8. The number of hydrogen-bond donors (Lipinski definition) is 3.